The molecule has 5 rings (SSSR count). The summed E-state index contributed by atoms with van der Waals surface area (Å²) in [6.07, 6.45) is 10.5. The normalized spacial score (nSPS) is 53.7. The summed E-state index contributed by atoms with van der Waals surface area (Å²) in [6, 6.07) is 11.6. The molecule has 0 heteroatoms. The molecule has 0 heterocycles. The van der Waals surface area contributed by atoms with Crippen LogP contribution in [-0.2, 0) is 5.41 Å². The second-order valence-corrected chi connectivity index (χ2v) is 7.83. The smallest absolute Gasteiger partial charge is 0.0108 e. The standard InChI is InChI=1S/C19H24/c1-17-12-5-6-13-18(17)15-10-7-11-16(15)19(17,18)14-8-3-2-4-9-14/h2-4,8-9,15-16H,5-7,10-13H2,1H3/t15-,16-,17+,18+,19+/m1/s1. The second kappa shape index (κ2) is 3.10. The maximum Gasteiger partial charge on any atom is 0.0108 e. The molecule has 4 aliphatic carbocycles. The zero-order chi connectivity index (χ0) is 12.7. The summed E-state index contributed by atoms with van der Waals surface area (Å²) in [6.45, 7) is 2.65. The molecule has 0 amide bonds. The molecule has 4 saturated carbocycles. The average Bonchev–Trinajstić information content (AvgIpc) is 2.71. The van der Waals surface area contributed by atoms with E-state index in [-0.39, 0.29) is 0 Å². The zero-order valence-corrected chi connectivity index (χ0v) is 12.0. The lowest BCUT2D eigenvalue weighted by atomic mass is 9.54. The number of fused-ring (bicyclic) bond motifs is 3. The molecule has 1 aromatic rings. The van der Waals surface area contributed by atoms with Crippen molar-refractivity contribution in [1.82, 2.24) is 0 Å². The van der Waals surface area contributed by atoms with Crippen molar-refractivity contribution in [3.63, 3.8) is 0 Å². The van der Waals surface area contributed by atoms with Crippen LogP contribution in [0.5, 0.6) is 0 Å². The summed E-state index contributed by atoms with van der Waals surface area (Å²) in [4.78, 5) is 0. The highest BCUT2D eigenvalue weighted by molar-refractivity contribution is 5.55. The van der Waals surface area contributed by atoms with E-state index in [1.54, 1.807) is 5.56 Å². The van der Waals surface area contributed by atoms with Crippen LogP contribution in [0.15, 0.2) is 30.3 Å². The Labute approximate surface area is 116 Å². The fourth-order valence-corrected chi connectivity index (χ4v) is 7.80. The third-order valence-electron chi connectivity index (χ3n) is 7.93. The maximum absolute atomic E-state index is 2.65. The summed E-state index contributed by atoms with van der Waals surface area (Å²) < 4.78 is 0. The van der Waals surface area contributed by atoms with Gasteiger partial charge in [-0.1, -0.05) is 56.5 Å². The molecule has 0 bridgehead atoms. The van der Waals surface area contributed by atoms with Crippen LogP contribution < -0.4 is 0 Å². The Morgan fingerprint density at radius 2 is 1.63 bits per heavy atom. The van der Waals surface area contributed by atoms with Crippen LogP contribution in [0.4, 0.5) is 0 Å². The lowest BCUT2D eigenvalue weighted by Gasteiger charge is -2.49. The van der Waals surface area contributed by atoms with Gasteiger partial charge in [-0.05, 0) is 53.9 Å². The summed E-state index contributed by atoms with van der Waals surface area (Å²) in [5, 5.41) is 0. The fourth-order valence-electron chi connectivity index (χ4n) is 7.80. The molecule has 0 N–H and O–H groups in total. The lowest BCUT2D eigenvalue weighted by Crippen LogP contribution is -2.46. The summed E-state index contributed by atoms with van der Waals surface area (Å²) in [5.74, 6) is 2.11. The lowest BCUT2D eigenvalue weighted by molar-refractivity contribution is 0.0412. The quantitative estimate of drug-likeness (QED) is 0.664. The Balaban J connectivity index is 1.72. The van der Waals surface area contributed by atoms with Gasteiger partial charge < -0.3 is 0 Å². The van der Waals surface area contributed by atoms with Crippen molar-refractivity contribution in [2.45, 2.75) is 57.3 Å². The van der Waals surface area contributed by atoms with Crippen molar-refractivity contribution < 1.29 is 0 Å². The fraction of sp³-hybridized carbons (Fsp3) is 0.684. The molecule has 1 aromatic carbocycles. The summed E-state index contributed by atoms with van der Waals surface area (Å²) in [7, 11) is 0. The van der Waals surface area contributed by atoms with Gasteiger partial charge in [0.1, 0.15) is 0 Å². The van der Waals surface area contributed by atoms with Gasteiger partial charge in [-0.2, -0.15) is 0 Å². The minimum atomic E-state index is 0.596. The molecule has 100 valence electrons. The van der Waals surface area contributed by atoms with Gasteiger partial charge >= 0.3 is 0 Å². The van der Waals surface area contributed by atoms with E-state index in [9.17, 15) is 0 Å². The largest absolute Gasteiger partial charge is 0.0622 e. The molecule has 1 spiro atoms. The second-order valence-electron chi connectivity index (χ2n) is 7.83. The van der Waals surface area contributed by atoms with Crippen LogP contribution in [0.2, 0.25) is 0 Å². The highest BCUT2D eigenvalue weighted by Gasteiger charge is 2.95. The van der Waals surface area contributed by atoms with E-state index in [2.05, 4.69) is 37.3 Å². The summed E-state index contributed by atoms with van der Waals surface area (Å²) in [5.41, 5.74) is 3.66. The zero-order valence-electron chi connectivity index (χ0n) is 12.0. The van der Waals surface area contributed by atoms with E-state index in [1.807, 2.05) is 0 Å². The van der Waals surface area contributed by atoms with Gasteiger partial charge in [0.05, 0.1) is 0 Å². The minimum Gasteiger partial charge on any atom is -0.0622 e. The predicted octanol–water partition coefficient (Wildman–Crippen LogP) is 4.93. The SMILES string of the molecule is C[C@]12CCCC[C@]13[C@@H]1CCC[C@H]1[C@@]23c1ccccc1. The average molecular weight is 252 g/mol. The van der Waals surface area contributed by atoms with Crippen molar-refractivity contribution in [3.8, 4) is 0 Å². The van der Waals surface area contributed by atoms with Crippen LogP contribution in [-0.4, -0.2) is 0 Å². The molecule has 0 aromatic heterocycles. The molecule has 0 saturated heterocycles. The molecule has 5 atom stereocenters. The first kappa shape index (κ1) is 10.9. The van der Waals surface area contributed by atoms with Crippen LogP contribution >= 0.6 is 0 Å². The van der Waals surface area contributed by atoms with E-state index in [1.165, 1.54) is 44.9 Å². The molecule has 0 unspecified atom stereocenters. The highest BCUT2D eigenvalue weighted by Crippen LogP contribution is 2.98. The van der Waals surface area contributed by atoms with Crippen molar-refractivity contribution in [3.05, 3.63) is 35.9 Å². The molecule has 0 aliphatic heterocycles. The number of benzene rings is 1. The first-order chi connectivity index (χ1) is 9.29. The van der Waals surface area contributed by atoms with Crippen molar-refractivity contribution in [2.75, 3.05) is 0 Å². The molecular weight excluding hydrogens is 228 g/mol. The molecule has 4 aliphatic rings. The predicted molar refractivity (Wildman–Crippen MR) is 78.0 cm³/mol. The highest BCUT2D eigenvalue weighted by atomic mass is 15.0. The van der Waals surface area contributed by atoms with Crippen LogP contribution in [0.3, 0.4) is 0 Å². The number of rotatable bonds is 1. The molecular formula is C19H24. The van der Waals surface area contributed by atoms with E-state index >= 15 is 0 Å². The molecule has 0 radical (unpaired) electrons. The number of hydrogen-bond acceptors (Lipinski definition) is 0. The van der Waals surface area contributed by atoms with E-state index < -0.39 is 0 Å². The van der Waals surface area contributed by atoms with Crippen molar-refractivity contribution in [2.24, 2.45) is 22.7 Å². The van der Waals surface area contributed by atoms with Gasteiger partial charge in [0.25, 0.3) is 0 Å². The van der Waals surface area contributed by atoms with Crippen LogP contribution in [0.1, 0.15) is 57.4 Å². The molecule has 0 nitrogen and oxygen atoms in total. The van der Waals surface area contributed by atoms with Gasteiger partial charge in [-0.25, -0.2) is 0 Å². The first-order valence-electron chi connectivity index (χ1n) is 8.34. The van der Waals surface area contributed by atoms with Crippen molar-refractivity contribution in [1.29, 1.82) is 0 Å². The third kappa shape index (κ3) is 0.833. The minimum absolute atomic E-state index is 0.596. The van der Waals surface area contributed by atoms with Crippen LogP contribution in [0, 0.1) is 22.7 Å². The van der Waals surface area contributed by atoms with Crippen LogP contribution in [0.25, 0.3) is 0 Å². The topological polar surface area (TPSA) is 0 Å². The maximum atomic E-state index is 2.65. The number of hydrogen-bond donors (Lipinski definition) is 0. The Morgan fingerprint density at radius 3 is 2.47 bits per heavy atom. The summed E-state index contributed by atoms with van der Waals surface area (Å²) >= 11 is 0. The van der Waals surface area contributed by atoms with E-state index in [4.69, 9.17) is 0 Å². The molecule has 19 heavy (non-hydrogen) atoms. The van der Waals surface area contributed by atoms with Gasteiger partial charge in [0, 0.05) is 5.41 Å². The molecule has 4 fully saturated rings. The van der Waals surface area contributed by atoms with Gasteiger partial charge in [0.2, 0.25) is 0 Å². The Morgan fingerprint density at radius 1 is 0.895 bits per heavy atom. The first-order valence-corrected chi connectivity index (χ1v) is 8.34. The van der Waals surface area contributed by atoms with Gasteiger partial charge in [0.15, 0.2) is 0 Å². The monoisotopic (exact) mass is 252 g/mol. The van der Waals surface area contributed by atoms with Gasteiger partial charge in [-0.15, -0.1) is 0 Å². The van der Waals surface area contributed by atoms with E-state index in [0.29, 0.717) is 10.8 Å². The Bertz CT molecular complexity index is 532. The Kier molecular flexibility index (Phi) is 1.79. The third-order valence-corrected chi connectivity index (χ3v) is 7.93. The van der Waals surface area contributed by atoms with Gasteiger partial charge in [-0.3, -0.25) is 0 Å². The van der Waals surface area contributed by atoms with Crippen molar-refractivity contribution >= 4 is 0 Å². The van der Waals surface area contributed by atoms with E-state index in [0.717, 1.165) is 17.3 Å². The Hall–Kier alpha value is -0.780.